The average molecular weight is 365 g/mol. The van der Waals surface area contributed by atoms with Gasteiger partial charge in [0.05, 0.1) is 6.42 Å². The Bertz CT molecular complexity index is 877. The first kappa shape index (κ1) is 17.0. The molecule has 0 radical (unpaired) electrons. The molecule has 0 aliphatic heterocycles. The van der Waals surface area contributed by atoms with E-state index in [-0.39, 0.29) is 41.1 Å². The first-order chi connectivity index (χ1) is 12.0. The predicted octanol–water partition coefficient (Wildman–Crippen LogP) is 3.95. The van der Waals surface area contributed by atoms with Gasteiger partial charge in [-0.3, -0.25) is 4.79 Å². The zero-order chi connectivity index (χ0) is 17.8. The van der Waals surface area contributed by atoms with Gasteiger partial charge in [0, 0.05) is 16.1 Å². The molecule has 0 saturated heterocycles. The molecule has 8 heteroatoms. The van der Waals surface area contributed by atoms with Gasteiger partial charge in [-0.15, -0.1) is 0 Å². The maximum Gasteiger partial charge on any atom is 0.310 e. The molecular formula is C17H11ClF2N2O3. The normalized spacial score (nSPS) is 10.7. The molecule has 3 aromatic rings. The first-order valence-corrected chi connectivity index (χ1v) is 7.58. The van der Waals surface area contributed by atoms with Crippen molar-refractivity contribution in [3.63, 3.8) is 0 Å². The molecule has 0 N–H and O–H groups in total. The summed E-state index contributed by atoms with van der Waals surface area (Å²) >= 11 is 5.86. The fourth-order valence-electron chi connectivity index (χ4n) is 2.07. The smallest absolute Gasteiger partial charge is 0.310 e. The van der Waals surface area contributed by atoms with Gasteiger partial charge in [0.2, 0.25) is 5.82 Å². The molecule has 0 aliphatic rings. The van der Waals surface area contributed by atoms with Crippen LogP contribution in [0.15, 0.2) is 47.0 Å². The van der Waals surface area contributed by atoms with Crippen LogP contribution < -0.4 is 0 Å². The highest BCUT2D eigenvalue weighted by Crippen LogP contribution is 2.20. The van der Waals surface area contributed by atoms with E-state index in [1.807, 2.05) is 0 Å². The van der Waals surface area contributed by atoms with Gasteiger partial charge in [0.25, 0.3) is 5.89 Å². The molecule has 1 aromatic heterocycles. The minimum Gasteiger partial charge on any atom is -0.455 e. The van der Waals surface area contributed by atoms with Crippen LogP contribution in [0.2, 0.25) is 5.02 Å². The van der Waals surface area contributed by atoms with Crippen molar-refractivity contribution in [2.24, 2.45) is 0 Å². The second-order valence-electron chi connectivity index (χ2n) is 5.06. The fourth-order valence-corrected chi connectivity index (χ4v) is 2.30. The molecule has 128 valence electrons. The molecule has 0 fully saturated rings. The van der Waals surface area contributed by atoms with Gasteiger partial charge in [-0.05, 0) is 36.4 Å². The molecule has 0 bridgehead atoms. The van der Waals surface area contributed by atoms with E-state index in [0.717, 1.165) is 0 Å². The van der Waals surface area contributed by atoms with E-state index in [4.69, 9.17) is 20.9 Å². The number of esters is 1. The Kier molecular flexibility index (Phi) is 5.04. The van der Waals surface area contributed by atoms with E-state index in [1.54, 1.807) is 0 Å². The van der Waals surface area contributed by atoms with E-state index in [0.29, 0.717) is 5.56 Å². The monoisotopic (exact) mass is 364 g/mol. The van der Waals surface area contributed by atoms with Crippen molar-refractivity contribution in [3.05, 3.63) is 70.6 Å². The van der Waals surface area contributed by atoms with Crippen molar-refractivity contribution in [2.45, 2.75) is 13.0 Å². The fraction of sp³-hybridized carbons (Fsp3) is 0.118. The Morgan fingerprint density at radius 1 is 1.16 bits per heavy atom. The molecular weight excluding hydrogens is 354 g/mol. The van der Waals surface area contributed by atoms with Crippen LogP contribution >= 0.6 is 11.6 Å². The average Bonchev–Trinajstić information content (AvgIpc) is 3.06. The minimum atomic E-state index is -0.687. The molecule has 0 saturated carbocycles. The lowest BCUT2D eigenvalue weighted by Gasteiger charge is -2.05. The van der Waals surface area contributed by atoms with Crippen LogP contribution in [-0.2, 0) is 22.6 Å². The maximum absolute atomic E-state index is 13.6. The molecule has 3 rings (SSSR count). The van der Waals surface area contributed by atoms with Crippen LogP contribution in [0.5, 0.6) is 0 Å². The predicted molar refractivity (Wildman–Crippen MR) is 84.6 cm³/mol. The van der Waals surface area contributed by atoms with Crippen LogP contribution in [0.4, 0.5) is 8.78 Å². The number of hydrogen-bond donors (Lipinski definition) is 0. The quantitative estimate of drug-likeness (QED) is 0.641. The molecule has 0 atom stereocenters. The second-order valence-corrected chi connectivity index (χ2v) is 5.46. The van der Waals surface area contributed by atoms with Crippen molar-refractivity contribution in [3.8, 4) is 11.4 Å². The third-order valence-electron chi connectivity index (χ3n) is 3.31. The van der Waals surface area contributed by atoms with E-state index in [1.165, 1.54) is 42.5 Å². The van der Waals surface area contributed by atoms with Crippen molar-refractivity contribution in [2.75, 3.05) is 0 Å². The van der Waals surface area contributed by atoms with Gasteiger partial charge in [-0.2, -0.15) is 4.98 Å². The summed E-state index contributed by atoms with van der Waals surface area (Å²) in [6.45, 7) is -0.265. The summed E-state index contributed by atoms with van der Waals surface area (Å²) in [5.41, 5.74) is 0.618. The number of nitrogens with zero attached hydrogens (tertiary/aromatic N) is 2. The second kappa shape index (κ2) is 7.40. The van der Waals surface area contributed by atoms with Crippen LogP contribution in [-0.4, -0.2) is 16.1 Å². The number of rotatable bonds is 5. The van der Waals surface area contributed by atoms with Crippen LogP contribution in [0.25, 0.3) is 11.4 Å². The molecule has 1 heterocycles. The maximum atomic E-state index is 13.6. The highest BCUT2D eigenvalue weighted by Gasteiger charge is 2.15. The molecule has 0 amide bonds. The zero-order valence-corrected chi connectivity index (χ0v) is 13.5. The van der Waals surface area contributed by atoms with Gasteiger partial charge >= 0.3 is 5.97 Å². The van der Waals surface area contributed by atoms with E-state index in [9.17, 15) is 13.6 Å². The van der Waals surface area contributed by atoms with E-state index in [2.05, 4.69) is 10.1 Å². The highest BCUT2D eigenvalue weighted by molar-refractivity contribution is 6.31. The van der Waals surface area contributed by atoms with E-state index >= 15 is 0 Å². The molecule has 2 aromatic carbocycles. The zero-order valence-electron chi connectivity index (χ0n) is 12.7. The van der Waals surface area contributed by atoms with Gasteiger partial charge in [0.1, 0.15) is 11.6 Å². The highest BCUT2D eigenvalue weighted by atomic mass is 35.5. The standard InChI is InChI=1S/C17H11ClF2N2O3/c18-13-2-1-3-14(20)12(13)8-16(23)24-9-15-21-17(22-25-15)10-4-6-11(19)7-5-10/h1-7H,8-9H2. The topological polar surface area (TPSA) is 65.2 Å². The molecule has 0 aliphatic carbocycles. The lowest BCUT2D eigenvalue weighted by atomic mass is 10.1. The first-order valence-electron chi connectivity index (χ1n) is 7.20. The Morgan fingerprint density at radius 3 is 2.64 bits per heavy atom. The minimum absolute atomic E-state index is 0.0618. The summed E-state index contributed by atoms with van der Waals surface area (Å²) < 4.78 is 36.5. The van der Waals surface area contributed by atoms with Crippen molar-refractivity contribution in [1.82, 2.24) is 10.1 Å². The number of carbonyl (C=O) groups excluding carboxylic acids is 1. The summed E-state index contributed by atoms with van der Waals surface area (Å²) in [7, 11) is 0. The summed E-state index contributed by atoms with van der Waals surface area (Å²) in [6.07, 6.45) is -0.315. The molecule has 5 nitrogen and oxygen atoms in total. The Labute approximate surface area is 146 Å². The van der Waals surface area contributed by atoms with Gasteiger partial charge in [-0.25, -0.2) is 8.78 Å². The van der Waals surface area contributed by atoms with Crippen LogP contribution in [0.3, 0.4) is 0 Å². The van der Waals surface area contributed by atoms with Crippen molar-refractivity contribution < 1.29 is 22.8 Å². The Morgan fingerprint density at radius 2 is 1.92 bits per heavy atom. The number of ether oxygens (including phenoxy) is 1. The SMILES string of the molecule is O=C(Cc1c(F)cccc1Cl)OCc1nc(-c2ccc(F)cc2)no1. The largest absolute Gasteiger partial charge is 0.455 e. The third kappa shape index (κ3) is 4.19. The van der Waals surface area contributed by atoms with Gasteiger partial charge in [0.15, 0.2) is 6.61 Å². The van der Waals surface area contributed by atoms with Gasteiger partial charge < -0.3 is 9.26 Å². The number of carbonyl (C=O) groups is 1. The Balaban J connectivity index is 1.60. The summed E-state index contributed by atoms with van der Waals surface area (Å²) in [5, 5.41) is 3.87. The number of hydrogen-bond acceptors (Lipinski definition) is 5. The number of halogens is 3. The number of aromatic nitrogens is 2. The Hall–Kier alpha value is -2.80. The van der Waals surface area contributed by atoms with Gasteiger partial charge in [-0.1, -0.05) is 22.8 Å². The summed E-state index contributed by atoms with van der Waals surface area (Å²) in [4.78, 5) is 15.9. The number of benzene rings is 2. The summed E-state index contributed by atoms with van der Waals surface area (Å²) in [5.74, 6) is -1.35. The van der Waals surface area contributed by atoms with E-state index < -0.39 is 11.8 Å². The van der Waals surface area contributed by atoms with Crippen LogP contribution in [0, 0.1) is 11.6 Å². The lowest BCUT2D eigenvalue weighted by molar-refractivity contribution is -0.144. The molecule has 0 spiro atoms. The molecule has 0 unspecified atom stereocenters. The van der Waals surface area contributed by atoms with Crippen LogP contribution in [0.1, 0.15) is 11.5 Å². The van der Waals surface area contributed by atoms with Crippen molar-refractivity contribution in [1.29, 1.82) is 0 Å². The molecule has 25 heavy (non-hydrogen) atoms. The summed E-state index contributed by atoms with van der Waals surface area (Å²) in [6, 6.07) is 9.67. The third-order valence-corrected chi connectivity index (χ3v) is 3.66. The van der Waals surface area contributed by atoms with Crippen molar-refractivity contribution >= 4 is 17.6 Å². The lowest BCUT2D eigenvalue weighted by Crippen LogP contribution is -2.09.